The first kappa shape index (κ1) is 16.5. The minimum absolute atomic E-state index is 0.0813. The Morgan fingerprint density at radius 1 is 1.13 bits per heavy atom. The molecule has 0 radical (unpaired) electrons. The molecule has 1 aromatic carbocycles. The molecule has 0 aliphatic heterocycles. The summed E-state index contributed by atoms with van der Waals surface area (Å²) in [5.41, 5.74) is 0.906. The Morgan fingerprint density at radius 2 is 1.87 bits per heavy atom. The van der Waals surface area contributed by atoms with E-state index in [9.17, 15) is 9.90 Å². The van der Waals surface area contributed by atoms with E-state index in [-0.39, 0.29) is 24.0 Å². The van der Waals surface area contributed by atoms with Crippen LogP contribution >= 0.6 is 0 Å². The molecule has 1 aromatic rings. The Kier molecular flexibility index (Phi) is 5.68. The average Bonchev–Trinajstić information content (AvgIpc) is 3.23. The van der Waals surface area contributed by atoms with Gasteiger partial charge in [-0.15, -0.1) is 0 Å². The van der Waals surface area contributed by atoms with E-state index in [1.54, 1.807) is 0 Å². The number of aliphatic hydroxyl groups excluding tert-OH is 1. The summed E-state index contributed by atoms with van der Waals surface area (Å²) >= 11 is 0. The van der Waals surface area contributed by atoms with Crippen molar-refractivity contribution in [3.8, 4) is 0 Å². The van der Waals surface area contributed by atoms with Crippen molar-refractivity contribution in [2.45, 2.75) is 63.3 Å². The normalized spacial score (nSPS) is 26.3. The Bertz CT molecular complexity index is 499. The second-order valence-corrected chi connectivity index (χ2v) is 6.84. The minimum Gasteiger partial charge on any atom is -0.393 e. The number of hydrogen-bond donors (Lipinski definition) is 2. The molecule has 2 N–H and O–H groups in total. The molecule has 2 fully saturated rings. The van der Waals surface area contributed by atoms with Crippen LogP contribution in [0.15, 0.2) is 30.3 Å². The molecule has 0 bridgehead atoms. The van der Waals surface area contributed by atoms with Crippen LogP contribution < -0.4 is 5.32 Å². The van der Waals surface area contributed by atoms with Gasteiger partial charge in [0.1, 0.15) is 0 Å². The van der Waals surface area contributed by atoms with Crippen LogP contribution in [0, 0.1) is 5.92 Å². The van der Waals surface area contributed by atoms with Gasteiger partial charge in [-0.25, -0.2) is 0 Å². The van der Waals surface area contributed by atoms with E-state index >= 15 is 0 Å². The molecule has 4 heteroatoms. The lowest BCUT2D eigenvalue weighted by molar-refractivity contribution is -0.137. The first-order valence-electron chi connectivity index (χ1n) is 8.90. The maximum absolute atomic E-state index is 12.7. The van der Waals surface area contributed by atoms with Crippen molar-refractivity contribution >= 4 is 5.91 Å². The van der Waals surface area contributed by atoms with E-state index in [4.69, 9.17) is 4.74 Å². The number of amides is 1. The standard InChI is InChI=1S/C19H27NO3/c21-17-12-6-9-15(17)13-20-19(22)18(14-7-2-1-3-8-14)23-16-10-4-5-11-16/h1-3,7-8,15-18,21H,4-6,9-13H2,(H,20,22). The van der Waals surface area contributed by atoms with Gasteiger partial charge in [0.15, 0.2) is 6.10 Å². The van der Waals surface area contributed by atoms with E-state index in [0.29, 0.717) is 6.54 Å². The summed E-state index contributed by atoms with van der Waals surface area (Å²) < 4.78 is 6.13. The van der Waals surface area contributed by atoms with Gasteiger partial charge in [0.05, 0.1) is 12.2 Å². The van der Waals surface area contributed by atoms with E-state index in [2.05, 4.69) is 5.32 Å². The molecule has 2 aliphatic rings. The Balaban J connectivity index is 1.62. The smallest absolute Gasteiger partial charge is 0.253 e. The number of nitrogens with one attached hydrogen (secondary N) is 1. The minimum atomic E-state index is -0.544. The second kappa shape index (κ2) is 7.93. The van der Waals surface area contributed by atoms with E-state index in [1.807, 2.05) is 30.3 Å². The molecule has 0 spiro atoms. The molecule has 2 aliphatic carbocycles. The average molecular weight is 317 g/mol. The fourth-order valence-corrected chi connectivity index (χ4v) is 3.72. The first-order chi connectivity index (χ1) is 11.2. The van der Waals surface area contributed by atoms with Gasteiger partial charge in [-0.1, -0.05) is 49.6 Å². The molecule has 0 heterocycles. The number of benzene rings is 1. The second-order valence-electron chi connectivity index (χ2n) is 6.84. The van der Waals surface area contributed by atoms with Gasteiger partial charge in [0.25, 0.3) is 5.91 Å². The molecule has 2 saturated carbocycles. The Labute approximate surface area is 138 Å². The van der Waals surface area contributed by atoms with Gasteiger partial charge in [-0.2, -0.15) is 0 Å². The summed E-state index contributed by atoms with van der Waals surface area (Å²) in [5.74, 6) is 0.101. The molecule has 3 atom stereocenters. The summed E-state index contributed by atoms with van der Waals surface area (Å²) in [5, 5.41) is 12.9. The van der Waals surface area contributed by atoms with Gasteiger partial charge in [0, 0.05) is 12.5 Å². The maximum Gasteiger partial charge on any atom is 0.253 e. The summed E-state index contributed by atoms with van der Waals surface area (Å²) in [4.78, 5) is 12.7. The van der Waals surface area contributed by atoms with Crippen LogP contribution in [0.25, 0.3) is 0 Å². The molecule has 0 saturated heterocycles. The van der Waals surface area contributed by atoms with Crippen molar-refractivity contribution in [2.24, 2.45) is 5.92 Å². The van der Waals surface area contributed by atoms with Crippen molar-refractivity contribution in [1.82, 2.24) is 5.32 Å². The predicted molar refractivity (Wildman–Crippen MR) is 88.9 cm³/mol. The van der Waals surface area contributed by atoms with Crippen molar-refractivity contribution in [3.63, 3.8) is 0 Å². The number of hydrogen-bond acceptors (Lipinski definition) is 3. The van der Waals surface area contributed by atoms with Crippen molar-refractivity contribution < 1.29 is 14.6 Å². The number of ether oxygens (including phenoxy) is 1. The van der Waals surface area contributed by atoms with E-state index in [1.165, 1.54) is 12.8 Å². The Morgan fingerprint density at radius 3 is 2.52 bits per heavy atom. The first-order valence-corrected chi connectivity index (χ1v) is 8.90. The van der Waals surface area contributed by atoms with Gasteiger partial charge >= 0.3 is 0 Å². The Hall–Kier alpha value is -1.39. The summed E-state index contributed by atoms with van der Waals surface area (Å²) in [6.45, 7) is 0.539. The summed E-state index contributed by atoms with van der Waals surface area (Å²) in [6, 6.07) is 9.72. The molecule has 3 rings (SSSR count). The van der Waals surface area contributed by atoms with Crippen LogP contribution in [-0.2, 0) is 9.53 Å². The number of rotatable bonds is 6. The third-order valence-electron chi connectivity index (χ3n) is 5.13. The van der Waals surface area contributed by atoms with Crippen LogP contribution in [0.2, 0.25) is 0 Å². The topological polar surface area (TPSA) is 58.6 Å². The number of aliphatic hydroxyl groups is 1. The van der Waals surface area contributed by atoms with Crippen LogP contribution in [0.1, 0.15) is 56.6 Å². The SMILES string of the molecule is O=C(NCC1CCCC1O)C(OC1CCCC1)c1ccccc1. The summed E-state index contributed by atoms with van der Waals surface area (Å²) in [6.07, 6.45) is 6.69. The molecular weight excluding hydrogens is 290 g/mol. The largest absolute Gasteiger partial charge is 0.393 e. The third kappa shape index (κ3) is 4.33. The number of carbonyl (C=O) groups is 1. The zero-order valence-corrected chi connectivity index (χ0v) is 13.6. The van der Waals surface area contributed by atoms with Crippen molar-refractivity contribution in [3.05, 3.63) is 35.9 Å². The van der Waals surface area contributed by atoms with Crippen LogP contribution in [-0.4, -0.2) is 29.8 Å². The van der Waals surface area contributed by atoms with Crippen LogP contribution in [0.5, 0.6) is 0 Å². The van der Waals surface area contributed by atoms with Crippen LogP contribution in [0.4, 0.5) is 0 Å². The van der Waals surface area contributed by atoms with Gasteiger partial charge < -0.3 is 15.2 Å². The molecule has 23 heavy (non-hydrogen) atoms. The molecule has 3 unspecified atom stereocenters. The fourth-order valence-electron chi connectivity index (χ4n) is 3.72. The maximum atomic E-state index is 12.7. The van der Waals surface area contributed by atoms with Gasteiger partial charge in [-0.3, -0.25) is 4.79 Å². The highest BCUT2D eigenvalue weighted by Gasteiger charge is 2.29. The lowest BCUT2D eigenvalue weighted by Crippen LogP contribution is -2.37. The zero-order valence-electron chi connectivity index (χ0n) is 13.6. The molecule has 126 valence electrons. The number of carbonyl (C=O) groups excluding carboxylic acids is 1. The van der Waals surface area contributed by atoms with E-state index in [0.717, 1.165) is 37.7 Å². The van der Waals surface area contributed by atoms with Gasteiger partial charge in [0.2, 0.25) is 0 Å². The van der Waals surface area contributed by atoms with E-state index < -0.39 is 6.10 Å². The molecule has 0 aromatic heterocycles. The van der Waals surface area contributed by atoms with Crippen molar-refractivity contribution in [1.29, 1.82) is 0 Å². The lowest BCUT2D eigenvalue weighted by atomic mass is 10.1. The zero-order chi connectivity index (χ0) is 16.1. The lowest BCUT2D eigenvalue weighted by Gasteiger charge is -2.23. The molecule has 4 nitrogen and oxygen atoms in total. The highest BCUT2D eigenvalue weighted by molar-refractivity contribution is 5.82. The highest BCUT2D eigenvalue weighted by atomic mass is 16.5. The third-order valence-corrected chi connectivity index (χ3v) is 5.13. The monoisotopic (exact) mass is 317 g/mol. The predicted octanol–water partition coefficient (Wildman–Crippen LogP) is 2.96. The fraction of sp³-hybridized carbons (Fsp3) is 0.632. The quantitative estimate of drug-likeness (QED) is 0.848. The van der Waals surface area contributed by atoms with Crippen molar-refractivity contribution in [2.75, 3.05) is 6.54 Å². The molecule has 1 amide bonds. The summed E-state index contributed by atoms with van der Waals surface area (Å²) in [7, 11) is 0. The van der Waals surface area contributed by atoms with Gasteiger partial charge in [-0.05, 0) is 31.2 Å². The van der Waals surface area contributed by atoms with Crippen LogP contribution in [0.3, 0.4) is 0 Å². The molecular formula is C19H27NO3. The highest BCUT2D eigenvalue weighted by Crippen LogP contribution is 2.29.